The minimum atomic E-state index is -1.15. The number of carbonyl (C=O) groups is 3. The van der Waals surface area contributed by atoms with Crippen LogP contribution in [0.25, 0.3) is 0 Å². The lowest BCUT2D eigenvalue weighted by Crippen LogP contribution is -2.56. The van der Waals surface area contributed by atoms with Gasteiger partial charge >= 0.3 is 0 Å². The van der Waals surface area contributed by atoms with E-state index in [0.29, 0.717) is 24.5 Å². The molecule has 2 aromatic carbocycles. The van der Waals surface area contributed by atoms with E-state index in [9.17, 15) is 14.4 Å². The summed E-state index contributed by atoms with van der Waals surface area (Å²) in [5.41, 5.74) is 0.992. The van der Waals surface area contributed by atoms with Crippen molar-refractivity contribution in [3.8, 4) is 5.75 Å². The maximum Gasteiger partial charge on any atom is 0.253 e. The Labute approximate surface area is 192 Å². The smallest absolute Gasteiger partial charge is 0.253 e. The highest BCUT2D eigenvalue weighted by Crippen LogP contribution is 2.61. The van der Waals surface area contributed by atoms with Crippen LogP contribution in [-0.4, -0.2) is 48.9 Å². The number of ether oxygens (including phenoxy) is 1. The third kappa shape index (κ3) is 2.35. The van der Waals surface area contributed by atoms with Gasteiger partial charge in [-0.3, -0.25) is 19.3 Å². The molecule has 0 aromatic heterocycles. The first-order valence-corrected chi connectivity index (χ1v) is 11.4. The molecule has 4 aliphatic rings. The highest BCUT2D eigenvalue weighted by molar-refractivity contribution is 6.26. The van der Waals surface area contributed by atoms with Gasteiger partial charge in [0, 0.05) is 23.8 Å². The molecular formula is C26H25N3O4. The zero-order valence-corrected chi connectivity index (χ0v) is 18.4. The summed E-state index contributed by atoms with van der Waals surface area (Å²) >= 11 is 0. The summed E-state index contributed by atoms with van der Waals surface area (Å²) in [6.45, 7) is 4.88. The number of hydrogen-bond acceptors (Lipinski definition) is 5. The molecule has 0 saturated carbocycles. The fraction of sp³-hybridized carbons (Fsp3) is 0.346. The van der Waals surface area contributed by atoms with E-state index in [1.54, 1.807) is 42.4 Å². The molecule has 1 spiro atoms. The van der Waals surface area contributed by atoms with Crippen molar-refractivity contribution >= 4 is 29.1 Å². The van der Waals surface area contributed by atoms with Gasteiger partial charge < -0.3 is 9.64 Å². The van der Waals surface area contributed by atoms with Gasteiger partial charge in [0.1, 0.15) is 11.3 Å². The van der Waals surface area contributed by atoms with E-state index < -0.39 is 17.4 Å². The topological polar surface area (TPSA) is 70.2 Å². The van der Waals surface area contributed by atoms with Crippen LogP contribution < -0.4 is 14.5 Å². The van der Waals surface area contributed by atoms with Crippen molar-refractivity contribution in [2.24, 2.45) is 11.8 Å². The summed E-state index contributed by atoms with van der Waals surface area (Å²) in [4.78, 5) is 47.1. The number of anilines is 2. The molecule has 168 valence electrons. The Morgan fingerprint density at radius 1 is 1.09 bits per heavy atom. The SMILES string of the molecule is C=CCN1C(=O)[C@@]2(c3ccccc31)[C@@H]1C(=O)N(c3ccc(OC)cc3)C(=O)[C@@H]1[C@@H]1CCCN12. The van der Waals surface area contributed by atoms with Gasteiger partial charge in [0.05, 0.1) is 24.6 Å². The molecule has 4 atom stereocenters. The summed E-state index contributed by atoms with van der Waals surface area (Å²) in [5.74, 6) is -1.27. The minimum Gasteiger partial charge on any atom is -0.497 e. The number of amides is 3. The first-order valence-electron chi connectivity index (χ1n) is 11.4. The van der Waals surface area contributed by atoms with E-state index in [1.807, 2.05) is 24.3 Å². The van der Waals surface area contributed by atoms with Gasteiger partial charge in [-0.15, -0.1) is 6.58 Å². The predicted molar refractivity (Wildman–Crippen MR) is 123 cm³/mol. The average Bonchev–Trinajstić information content (AvgIpc) is 3.53. The van der Waals surface area contributed by atoms with E-state index in [-0.39, 0.29) is 23.8 Å². The molecule has 2 aromatic rings. The fourth-order valence-electron chi connectivity index (χ4n) is 6.64. The second kappa shape index (κ2) is 7.02. The van der Waals surface area contributed by atoms with Crippen molar-refractivity contribution in [3.63, 3.8) is 0 Å². The van der Waals surface area contributed by atoms with Gasteiger partial charge in [-0.05, 0) is 49.7 Å². The van der Waals surface area contributed by atoms with Gasteiger partial charge in [0.15, 0.2) is 0 Å². The average molecular weight is 444 g/mol. The number of nitrogens with zero attached hydrogens (tertiary/aromatic N) is 3. The second-order valence-electron chi connectivity index (χ2n) is 9.10. The second-order valence-corrected chi connectivity index (χ2v) is 9.10. The normalized spacial score (nSPS) is 30.2. The van der Waals surface area contributed by atoms with Crippen LogP contribution in [-0.2, 0) is 19.9 Å². The molecule has 4 aliphatic heterocycles. The van der Waals surface area contributed by atoms with Crippen LogP contribution in [0, 0.1) is 11.8 Å². The van der Waals surface area contributed by atoms with Crippen LogP contribution in [0.1, 0.15) is 18.4 Å². The van der Waals surface area contributed by atoms with E-state index in [1.165, 1.54) is 4.90 Å². The number of fused-ring (bicyclic) bond motifs is 7. The van der Waals surface area contributed by atoms with Gasteiger partial charge in [-0.1, -0.05) is 24.3 Å². The molecule has 7 nitrogen and oxygen atoms in total. The Bertz CT molecular complexity index is 1190. The Kier molecular flexibility index (Phi) is 4.29. The molecule has 3 fully saturated rings. The Hall–Kier alpha value is -3.45. The van der Waals surface area contributed by atoms with E-state index >= 15 is 0 Å². The van der Waals surface area contributed by atoms with Crippen LogP contribution in [0.15, 0.2) is 61.2 Å². The number of carbonyl (C=O) groups excluding carboxylic acids is 3. The maximum absolute atomic E-state index is 14.2. The minimum absolute atomic E-state index is 0.124. The van der Waals surface area contributed by atoms with Crippen molar-refractivity contribution in [1.29, 1.82) is 0 Å². The van der Waals surface area contributed by atoms with Crippen LogP contribution in [0.5, 0.6) is 5.75 Å². The van der Waals surface area contributed by atoms with Gasteiger partial charge in [0.25, 0.3) is 5.91 Å². The molecule has 6 rings (SSSR count). The van der Waals surface area contributed by atoms with E-state index in [0.717, 1.165) is 24.1 Å². The van der Waals surface area contributed by atoms with Crippen molar-refractivity contribution in [2.45, 2.75) is 24.4 Å². The molecule has 3 amide bonds. The maximum atomic E-state index is 14.2. The number of rotatable bonds is 4. The molecule has 3 saturated heterocycles. The Balaban J connectivity index is 1.53. The molecule has 7 heteroatoms. The fourth-order valence-corrected chi connectivity index (χ4v) is 6.64. The molecule has 0 radical (unpaired) electrons. The largest absolute Gasteiger partial charge is 0.497 e. The Morgan fingerprint density at radius 2 is 1.85 bits per heavy atom. The van der Waals surface area contributed by atoms with Crippen LogP contribution in [0.3, 0.4) is 0 Å². The first kappa shape index (κ1) is 20.2. The molecule has 4 heterocycles. The van der Waals surface area contributed by atoms with Gasteiger partial charge in [-0.2, -0.15) is 0 Å². The molecule has 0 N–H and O–H groups in total. The summed E-state index contributed by atoms with van der Waals surface area (Å²) in [5, 5.41) is 0. The van der Waals surface area contributed by atoms with Crippen molar-refractivity contribution in [1.82, 2.24) is 4.90 Å². The van der Waals surface area contributed by atoms with Crippen LogP contribution in [0.2, 0.25) is 0 Å². The van der Waals surface area contributed by atoms with E-state index in [4.69, 9.17) is 4.74 Å². The standard InChI is InChI=1S/C26H25N3O4/c1-3-14-27-19-8-5-4-7-18(19)26(25(27)32)22-21(20-9-6-15-28(20)26)23(30)29(24(22)31)16-10-12-17(33-2)13-11-16/h3-5,7-8,10-13,20-22H,1,6,9,14-15H2,2H3/t20-,21+,22-,26+/m0/s1. The van der Waals surface area contributed by atoms with Crippen molar-refractivity contribution < 1.29 is 19.1 Å². The highest BCUT2D eigenvalue weighted by atomic mass is 16.5. The monoisotopic (exact) mass is 443 g/mol. The third-order valence-corrected chi connectivity index (χ3v) is 7.79. The lowest BCUT2D eigenvalue weighted by Gasteiger charge is -2.37. The number of methoxy groups -OCH3 is 1. The Morgan fingerprint density at radius 3 is 2.58 bits per heavy atom. The first-order chi connectivity index (χ1) is 16.1. The number of hydrogen-bond donors (Lipinski definition) is 0. The van der Waals surface area contributed by atoms with E-state index in [2.05, 4.69) is 11.5 Å². The number of benzene rings is 2. The highest BCUT2D eigenvalue weighted by Gasteiger charge is 2.75. The molecule has 33 heavy (non-hydrogen) atoms. The number of imide groups is 1. The van der Waals surface area contributed by atoms with Gasteiger partial charge in [-0.25, -0.2) is 4.90 Å². The van der Waals surface area contributed by atoms with Crippen molar-refractivity contribution in [3.05, 3.63) is 66.7 Å². The lowest BCUT2D eigenvalue weighted by molar-refractivity contribution is -0.137. The molecule has 0 bridgehead atoms. The molecule has 0 unspecified atom stereocenters. The molecular weight excluding hydrogens is 418 g/mol. The zero-order chi connectivity index (χ0) is 22.9. The quantitative estimate of drug-likeness (QED) is 0.537. The predicted octanol–water partition coefficient (Wildman–Crippen LogP) is 2.71. The summed E-state index contributed by atoms with van der Waals surface area (Å²) in [7, 11) is 1.57. The number of para-hydroxylation sites is 1. The summed E-state index contributed by atoms with van der Waals surface area (Å²) < 4.78 is 5.23. The van der Waals surface area contributed by atoms with Gasteiger partial charge in [0.2, 0.25) is 11.8 Å². The third-order valence-electron chi connectivity index (χ3n) is 7.79. The zero-order valence-electron chi connectivity index (χ0n) is 18.4. The van der Waals surface area contributed by atoms with Crippen LogP contribution >= 0.6 is 0 Å². The van der Waals surface area contributed by atoms with Crippen molar-refractivity contribution in [2.75, 3.05) is 30.0 Å². The summed E-state index contributed by atoms with van der Waals surface area (Å²) in [6.07, 6.45) is 3.40. The van der Waals surface area contributed by atoms with Crippen LogP contribution in [0.4, 0.5) is 11.4 Å². The summed E-state index contributed by atoms with van der Waals surface area (Å²) in [6, 6.07) is 14.5. The molecule has 0 aliphatic carbocycles. The lowest BCUT2D eigenvalue weighted by atomic mass is 9.75.